The molecule has 0 aliphatic carbocycles. The molecular formula is C17H22N2OS2. The summed E-state index contributed by atoms with van der Waals surface area (Å²) in [6.45, 7) is 9.03. The van der Waals surface area contributed by atoms with Crippen LogP contribution in [0.25, 0.3) is 6.08 Å². The molecule has 0 radical (unpaired) electrons. The molecule has 1 amide bonds. The maximum atomic E-state index is 12.3. The van der Waals surface area contributed by atoms with Crippen molar-refractivity contribution in [2.75, 3.05) is 24.5 Å². The first-order valence-electron chi connectivity index (χ1n) is 7.71. The van der Waals surface area contributed by atoms with Crippen LogP contribution in [-0.2, 0) is 4.79 Å². The van der Waals surface area contributed by atoms with Crippen molar-refractivity contribution in [1.82, 2.24) is 4.90 Å². The number of amides is 1. The quantitative estimate of drug-likeness (QED) is 0.576. The van der Waals surface area contributed by atoms with Crippen molar-refractivity contribution in [3.05, 3.63) is 34.7 Å². The van der Waals surface area contributed by atoms with E-state index in [2.05, 4.69) is 43.0 Å². The second-order valence-corrected chi connectivity index (χ2v) is 6.77. The van der Waals surface area contributed by atoms with Crippen LogP contribution in [-0.4, -0.2) is 34.8 Å². The lowest BCUT2D eigenvalue weighted by atomic mass is 10.1. The van der Waals surface area contributed by atoms with Crippen LogP contribution in [0.2, 0.25) is 0 Å². The molecule has 22 heavy (non-hydrogen) atoms. The number of nitrogens with zero attached hydrogens (tertiary/aromatic N) is 2. The molecule has 1 aromatic rings. The average molecular weight is 335 g/mol. The van der Waals surface area contributed by atoms with Crippen LogP contribution in [0.1, 0.15) is 32.8 Å². The smallest absolute Gasteiger partial charge is 0.266 e. The van der Waals surface area contributed by atoms with Gasteiger partial charge in [0.2, 0.25) is 0 Å². The summed E-state index contributed by atoms with van der Waals surface area (Å²) in [5.74, 6) is 0.0321. The maximum absolute atomic E-state index is 12.3. The molecule has 1 aliphatic rings. The molecular weight excluding hydrogens is 312 g/mol. The van der Waals surface area contributed by atoms with Crippen molar-refractivity contribution in [2.45, 2.75) is 27.2 Å². The van der Waals surface area contributed by atoms with Gasteiger partial charge in [-0.05, 0) is 44.0 Å². The standard InChI is InChI=1S/C17H22N2OS2/c1-4-11-19-16(20)15(22-17(19)21)12-13-7-9-14(10-8-13)18(5-2)6-3/h7-10,12H,4-6,11H2,1-3H3/b15-12+. The average Bonchev–Trinajstić information content (AvgIpc) is 2.78. The molecule has 0 N–H and O–H groups in total. The first-order chi connectivity index (χ1) is 10.6. The molecule has 0 spiro atoms. The molecule has 1 fully saturated rings. The number of carbonyl (C=O) groups excluding carboxylic acids is 1. The fourth-order valence-electron chi connectivity index (χ4n) is 2.44. The number of anilines is 1. The van der Waals surface area contributed by atoms with Crippen molar-refractivity contribution in [3.63, 3.8) is 0 Å². The van der Waals surface area contributed by atoms with E-state index in [-0.39, 0.29) is 5.91 Å². The molecule has 118 valence electrons. The zero-order valence-corrected chi connectivity index (χ0v) is 15.0. The molecule has 0 atom stereocenters. The molecule has 1 aromatic carbocycles. The number of carbonyl (C=O) groups is 1. The summed E-state index contributed by atoms with van der Waals surface area (Å²) in [5.41, 5.74) is 2.24. The summed E-state index contributed by atoms with van der Waals surface area (Å²) < 4.78 is 0.665. The molecule has 5 heteroatoms. The third-order valence-electron chi connectivity index (χ3n) is 3.64. The zero-order chi connectivity index (χ0) is 16.1. The fraction of sp³-hybridized carbons (Fsp3) is 0.412. The second kappa shape index (κ2) is 7.79. The van der Waals surface area contributed by atoms with E-state index in [4.69, 9.17) is 12.2 Å². The molecule has 1 aliphatic heterocycles. The number of hydrogen-bond acceptors (Lipinski definition) is 4. The molecule has 0 saturated carbocycles. The zero-order valence-electron chi connectivity index (χ0n) is 13.3. The van der Waals surface area contributed by atoms with Crippen LogP contribution in [0.5, 0.6) is 0 Å². The van der Waals surface area contributed by atoms with E-state index in [0.29, 0.717) is 15.8 Å². The van der Waals surface area contributed by atoms with Gasteiger partial charge in [-0.15, -0.1) is 0 Å². The summed E-state index contributed by atoms with van der Waals surface area (Å²) in [7, 11) is 0. The van der Waals surface area contributed by atoms with E-state index in [1.54, 1.807) is 4.90 Å². The minimum absolute atomic E-state index is 0.0321. The van der Waals surface area contributed by atoms with Gasteiger partial charge in [-0.3, -0.25) is 9.69 Å². The normalized spacial score (nSPS) is 16.7. The lowest BCUT2D eigenvalue weighted by molar-refractivity contribution is -0.122. The van der Waals surface area contributed by atoms with Gasteiger partial charge in [0.15, 0.2) is 0 Å². The van der Waals surface area contributed by atoms with E-state index in [0.717, 1.165) is 25.1 Å². The molecule has 0 unspecified atom stereocenters. The van der Waals surface area contributed by atoms with Crippen molar-refractivity contribution >= 4 is 46.0 Å². The van der Waals surface area contributed by atoms with Crippen molar-refractivity contribution in [3.8, 4) is 0 Å². The van der Waals surface area contributed by atoms with Gasteiger partial charge in [0, 0.05) is 25.3 Å². The van der Waals surface area contributed by atoms with Crippen LogP contribution in [0.4, 0.5) is 5.69 Å². The van der Waals surface area contributed by atoms with Crippen molar-refractivity contribution in [2.24, 2.45) is 0 Å². The van der Waals surface area contributed by atoms with Gasteiger partial charge in [-0.2, -0.15) is 0 Å². The molecule has 2 rings (SSSR count). The first-order valence-corrected chi connectivity index (χ1v) is 8.93. The predicted octanol–water partition coefficient (Wildman–Crippen LogP) is 4.14. The minimum Gasteiger partial charge on any atom is -0.372 e. The Kier molecular flexibility index (Phi) is 6.03. The van der Waals surface area contributed by atoms with Crippen LogP contribution in [0, 0.1) is 0 Å². The summed E-state index contributed by atoms with van der Waals surface area (Å²) >= 11 is 6.68. The van der Waals surface area contributed by atoms with Crippen LogP contribution >= 0.6 is 24.0 Å². The SMILES string of the molecule is CCCN1C(=O)/C(=C\c2ccc(N(CC)CC)cc2)SC1=S. The fourth-order valence-corrected chi connectivity index (χ4v) is 3.75. The van der Waals surface area contributed by atoms with E-state index >= 15 is 0 Å². The topological polar surface area (TPSA) is 23.6 Å². The van der Waals surface area contributed by atoms with Gasteiger partial charge in [0.25, 0.3) is 5.91 Å². The van der Waals surface area contributed by atoms with E-state index in [1.807, 2.05) is 13.0 Å². The van der Waals surface area contributed by atoms with Crippen LogP contribution < -0.4 is 4.90 Å². The maximum Gasteiger partial charge on any atom is 0.266 e. The number of thiocarbonyl (C=S) groups is 1. The monoisotopic (exact) mass is 334 g/mol. The van der Waals surface area contributed by atoms with Gasteiger partial charge in [0.05, 0.1) is 4.91 Å². The summed E-state index contributed by atoms with van der Waals surface area (Å²) in [6, 6.07) is 8.32. The van der Waals surface area contributed by atoms with Crippen LogP contribution in [0.3, 0.4) is 0 Å². The molecule has 0 bridgehead atoms. The predicted molar refractivity (Wildman–Crippen MR) is 100 cm³/mol. The Bertz CT molecular complexity index is 577. The highest BCUT2D eigenvalue weighted by atomic mass is 32.2. The van der Waals surface area contributed by atoms with Crippen molar-refractivity contribution < 1.29 is 4.79 Å². The largest absolute Gasteiger partial charge is 0.372 e. The number of rotatable bonds is 6. The van der Waals surface area contributed by atoms with Gasteiger partial charge in [-0.1, -0.05) is 43.0 Å². The highest BCUT2D eigenvalue weighted by Gasteiger charge is 2.31. The Morgan fingerprint density at radius 1 is 1.18 bits per heavy atom. The molecule has 1 heterocycles. The third-order valence-corrected chi connectivity index (χ3v) is 5.02. The van der Waals surface area contributed by atoms with Gasteiger partial charge < -0.3 is 4.90 Å². The Balaban J connectivity index is 2.16. The Morgan fingerprint density at radius 3 is 2.36 bits per heavy atom. The number of thioether (sulfide) groups is 1. The van der Waals surface area contributed by atoms with Gasteiger partial charge >= 0.3 is 0 Å². The highest BCUT2D eigenvalue weighted by Crippen LogP contribution is 2.32. The van der Waals surface area contributed by atoms with E-state index in [9.17, 15) is 4.79 Å². The minimum atomic E-state index is 0.0321. The first kappa shape index (κ1) is 17.0. The summed E-state index contributed by atoms with van der Waals surface area (Å²) in [6.07, 6.45) is 2.85. The molecule has 1 saturated heterocycles. The lowest BCUT2D eigenvalue weighted by Crippen LogP contribution is -2.28. The Labute approximate surface area is 142 Å². The third kappa shape index (κ3) is 3.70. The molecule has 0 aromatic heterocycles. The summed E-state index contributed by atoms with van der Waals surface area (Å²) in [4.78, 5) is 17.0. The van der Waals surface area contributed by atoms with Crippen molar-refractivity contribution in [1.29, 1.82) is 0 Å². The highest BCUT2D eigenvalue weighted by molar-refractivity contribution is 8.26. The number of benzene rings is 1. The summed E-state index contributed by atoms with van der Waals surface area (Å²) in [5, 5.41) is 0. The van der Waals surface area contributed by atoms with E-state index < -0.39 is 0 Å². The van der Waals surface area contributed by atoms with Gasteiger partial charge in [-0.25, -0.2) is 0 Å². The van der Waals surface area contributed by atoms with E-state index in [1.165, 1.54) is 17.4 Å². The second-order valence-electron chi connectivity index (χ2n) is 5.10. The van der Waals surface area contributed by atoms with Crippen LogP contribution in [0.15, 0.2) is 29.2 Å². The molecule has 3 nitrogen and oxygen atoms in total. The lowest BCUT2D eigenvalue weighted by Gasteiger charge is -2.20. The Morgan fingerprint density at radius 2 is 1.82 bits per heavy atom. The van der Waals surface area contributed by atoms with Gasteiger partial charge in [0.1, 0.15) is 4.32 Å². The number of hydrogen-bond donors (Lipinski definition) is 0. The Hall–Kier alpha value is -1.33.